The number of likely N-dealkylation sites (N-methyl/N-ethyl adjacent to an activating group) is 2. The number of fused-ring (bicyclic) bond motifs is 2. The first-order valence-corrected chi connectivity index (χ1v) is 16.4. The van der Waals surface area contributed by atoms with Crippen molar-refractivity contribution in [3.05, 3.63) is 59.2 Å². The van der Waals surface area contributed by atoms with Crippen molar-refractivity contribution in [2.24, 2.45) is 5.92 Å². The predicted octanol–water partition coefficient (Wildman–Crippen LogP) is 4.54. The largest absolute Gasteiger partial charge is 0.339 e. The van der Waals surface area contributed by atoms with Gasteiger partial charge in [-0.2, -0.15) is 0 Å². The molecule has 2 saturated carbocycles. The molecule has 0 radical (unpaired) electrons. The van der Waals surface area contributed by atoms with E-state index in [9.17, 15) is 8.78 Å². The Bertz CT molecular complexity index is 1370. The minimum absolute atomic E-state index is 0.306. The second-order valence-electron chi connectivity index (χ2n) is 13.8. The van der Waals surface area contributed by atoms with Crippen LogP contribution in [0.5, 0.6) is 0 Å². The molecule has 0 bridgehead atoms. The molecule has 4 fully saturated rings. The van der Waals surface area contributed by atoms with Crippen LogP contribution in [0.1, 0.15) is 43.2 Å². The standard InChI is InChI=1S/C34H47F2N7/c1-39-11-15-41(16-12-39)9-4-10-43(33-37-31-21-29(35)30(36)22-32(31)38-33)28-7-8-34(23-27(34)20-28)26-6-3-5-25(19-26)24-42-17-13-40(2)14-18-42/h3,5-6,19,21-22,27-28H,4,7-18,20,23-24H2,1-2H3,(H,37,38)/t27?,28-,34-/m1/s1. The summed E-state index contributed by atoms with van der Waals surface area (Å²) in [6, 6.07) is 12.3. The highest BCUT2D eigenvalue weighted by atomic mass is 19.2. The van der Waals surface area contributed by atoms with Gasteiger partial charge in [-0.3, -0.25) is 4.90 Å². The van der Waals surface area contributed by atoms with E-state index >= 15 is 0 Å². The van der Waals surface area contributed by atoms with Crippen LogP contribution in [0.4, 0.5) is 14.7 Å². The van der Waals surface area contributed by atoms with Gasteiger partial charge < -0.3 is 24.6 Å². The molecule has 4 aliphatic rings. The number of imidazole rings is 1. The molecule has 2 aliphatic heterocycles. The van der Waals surface area contributed by atoms with Gasteiger partial charge in [-0.05, 0) is 75.2 Å². The summed E-state index contributed by atoms with van der Waals surface area (Å²) in [4.78, 5) is 20.5. The van der Waals surface area contributed by atoms with Crippen LogP contribution >= 0.6 is 0 Å². The molecule has 7 nitrogen and oxygen atoms in total. The lowest BCUT2D eigenvalue weighted by atomic mass is 9.80. The number of H-pyrrole nitrogens is 1. The van der Waals surface area contributed by atoms with Crippen LogP contribution in [-0.4, -0.2) is 115 Å². The van der Waals surface area contributed by atoms with Crippen LogP contribution in [0.15, 0.2) is 36.4 Å². The fraction of sp³-hybridized carbons (Fsp3) is 0.618. The lowest BCUT2D eigenvalue weighted by Crippen LogP contribution is -2.46. The highest BCUT2D eigenvalue weighted by molar-refractivity contribution is 5.78. The molecule has 0 amide bonds. The maximum absolute atomic E-state index is 14.0. The third-order valence-electron chi connectivity index (χ3n) is 10.9. The van der Waals surface area contributed by atoms with Crippen LogP contribution in [0.3, 0.4) is 0 Å². The number of anilines is 1. The van der Waals surface area contributed by atoms with Crippen molar-refractivity contribution in [1.29, 1.82) is 0 Å². The van der Waals surface area contributed by atoms with E-state index in [0.29, 0.717) is 28.4 Å². The monoisotopic (exact) mass is 591 g/mol. The van der Waals surface area contributed by atoms with Crippen LogP contribution in [0, 0.1) is 17.6 Å². The summed E-state index contributed by atoms with van der Waals surface area (Å²) < 4.78 is 28.1. The third-order valence-corrected chi connectivity index (χ3v) is 10.9. The maximum atomic E-state index is 14.0. The average Bonchev–Trinajstić information content (AvgIpc) is 3.62. The van der Waals surface area contributed by atoms with Gasteiger partial charge in [0.2, 0.25) is 5.95 Å². The SMILES string of the molecule is CN1CCN(CCCN(c2nc3cc(F)c(F)cc3[nH]2)[C@@H]2CC[C@]3(c4cccc(CN5CCN(C)CC5)c4)CC3C2)CC1. The number of aromatic amines is 1. The Balaban J connectivity index is 1.05. The minimum Gasteiger partial charge on any atom is -0.339 e. The van der Waals surface area contributed by atoms with Crippen molar-refractivity contribution >= 4 is 17.0 Å². The Labute approximate surface area is 254 Å². The molecule has 2 aromatic carbocycles. The second kappa shape index (κ2) is 12.1. The van der Waals surface area contributed by atoms with E-state index in [1.807, 2.05) is 0 Å². The molecule has 3 aromatic rings. The molecule has 2 aliphatic carbocycles. The third kappa shape index (κ3) is 6.19. The summed E-state index contributed by atoms with van der Waals surface area (Å²) in [6.07, 6.45) is 5.72. The quantitative estimate of drug-likeness (QED) is 0.394. The van der Waals surface area contributed by atoms with Crippen molar-refractivity contribution in [2.45, 2.75) is 50.1 Å². The number of piperazine rings is 2. The number of benzene rings is 2. The van der Waals surface area contributed by atoms with Crippen molar-refractivity contribution in [1.82, 2.24) is 29.6 Å². The fourth-order valence-corrected chi connectivity index (χ4v) is 8.02. The van der Waals surface area contributed by atoms with Gasteiger partial charge in [0.25, 0.3) is 0 Å². The molecule has 7 rings (SSSR count). The number of nitrogens with one attached hydrogen (secondary N) is 1. The van der Waals surface area contributed by atoms with E-state index < -0.39 is 11.6 Å². The molecular formula is C34H47F2N7. The van der Waals surface area contributed by atoms with E-state index in [-0.39, 0.29) is 0 Å². The number of nitrogens with zero attached hydrogens (tertiary/aromatic N) is 6. The number of aromatic nitrogens is 2. The summed E-state index contributed by atoms with van der Waals surface area (Å²) in [6.45, 7) is 12.0. The van der Waals surface area contributed by atoms with Crippen molar-refractivity contribution in [3.8, 4) is 0 Å². The van der Waals surface area contributed by atoms with Gasteiger partial charge in [0, 0.05) is 83.6 Å². The second-order valence-corrected chi connectivity index (χ2v) is 13.8. The normalized spacial score (nSPS) is 27.4. The van der Waals surface area contributed by atoms with E-state index in [1.54, 1.807) is 0 Å². The Morgan fingerprint density at radius 3 is 2.40 bits per heavy atom. The predicted molar refractivity (Wildman–Crippen MR) is 169 cm³/mol. The molecule has 232 valence electrons. The minimum atomic E-state index is -0.845. The lowest BCUT2D eigenvalue weighted by Gasteiger charge is -2.38. The first-order valence-electron chi connectivity index (χ1n) is 16.4. The van der Waals surface area contributed by atoms with Gasteiger partial charge >= 0.3 is 0 Å². The van der Waals surface area contributed by atoms with E-state index in [4.69, 9.17) is 4.98 Å². The first-order chi connectivity index (χ1) is 20.9. The Morgan fingerprint density at radius 1 is 0.930 bits per heavy atom. The van der Waals surface area contributed by atoms with Crippen molar-refractivity contribution < 1.29 is 8.78 Å². The Morgan fingerprint density at radius 2 is 1.65 bits per heavy atom. The molecule has 1 aromatic heterocycles. The van der Waals surface area contributed by atoms with Crippen molar-refractivity contribution in [2.75, 3.05) is 84.4 Å². The first kappa shape index (κ1) is 29.1. The molecular weight excluding hydrogens is 544 g/mol. The van der Waals surface area contributed by atoms with Crippen LogP contribution < -0.4 is 4.90 Å². The molecule has 43 heavy (non-hydrogen) atoms. The summed E-state index contributed by atoms with van der Waals surface area (Å²) in [5, 5.41) is 0. The van der Waals surface area contributed by atoms with Gasteiger partial charge in [0.15, 0.2) is 11.6 Å². The molecule has 1 N–H and O–H groups in total. The van der Waals surface area contributed by atoms with E-state index in [2.05, 4.69) is 67.8 Å². The van der Waals surface area contributed by atoms with Crippen LogP contribution in [0.25, 0.3) is 11.0 Å². The smallest absolute Gasteiger partial charge is 0.204 e. The van der Waals surface area contributed by atoms with Gasteiger partial charge in [0.05, 0.1) is 11.0 Å². The zero-order valence-electron chi connectivity index (χ0n) is 25.9. The van der Waals surface area contributed by atoms with Gasteiger partial charge in [-0.1, -0.05) is 24.3 Å². The van der Waals surface area contributed by atoms with E-state index in [1.165, 1.54) is 36.1 Å². The topological polar surface area (TPSA) is 44.9 Å². The highest BCUT2D eigenvalue weighted by Crippen LogP contribution is 2.63. The van der Waals surface area contributed by atoms with Gasteiger partial charge in [-0.25, -0.2) is 13.8 Å². The molecule has 2 saturated heterocycles. The molecule has 9 heteroatoms. The average molecular weight is 592 g/mol. The summed E-state index contributed by atoms with van der Waals surface area (Å²) in [5.74, 6) is -0.253. The zero-order valence-corrected chi connectivity index (χ0v) is 25.9. The van der Waals surface area contributed by atoms with Crippen molar-refractivity contribution in [3.63, 3.8) is 0 Å². The van der Waals surface area contributed by atoms with Gasteiger partial charge in [0.1, 0.15) is 0 Å². The van der Waals surface area contributed by atoms with Gasteiger partial charge in [-0.15, -0.1) is 0 Å². The number of halogens is 2. The summed E-state index contributed by atoms with van der Waals surface area (Å²) >= 11 is 0. The number of rotatable bonds is 9. The lowest BCUT2D eigenvalue weighted by molar-refractivity contribution is 0.148. The molecule has 3 atom stereocenters. The Hall–Kier alpha value is -2.59. The van der Waals surface area contributed by atoms with Crippen LogP contribution in [0.2, 0.25) is 0 Å². The maximum Gasteiger partial charge on any atom is 0.204 e. The Kier molecular flexibility index (Phi) is 8.18. The van der Waals surface area contributed by atoms with E-state index in [0.717, 1.165) is 97.2 Å². The number of hydrogen-bond acceptors (Lipinski definition) is 6. The number of hydrogen-bond donors (Lipinski definition) is 1. The summed E-state index contributed by atoms with van der Waals surface area (Å²) in [5.41, 5.74) is 4.33. The highest BCUT2D eigenvalue weighted by Gasteiger charge is 2.58. The molecule has 0 spiro atoms. The molecule has 3 heterocycles. The summed E-state index contributed by atoms with van der Waals surface area (Å²) in [7, 11) is 4.40. The van der Waals surface area contributed by atoms with Crippen LogP contribution in [-0.2, 0) is 12.0 Å². The fourth-order valence-electron chi connectivity index (χ4n) is 8.02. The zero-order chi connectivity index (χ0) is 29.6. The molecule has 1 unspecified atom stereocenters.